The fourth-order valence-corrected chi connectivity index (χ4v) is 3.65. The molecule has 1 aromatic carbocycles. The summed E-state index contributed by atoms with van der Waals surface area (Å²) in [5.41, 5.74) is 3.78. The van der Waals surface area contributed by atoms with Gasteiger partial charge in [-0.15, -0.1) is 0 Å². The van der Waals surface area contributed by atoms with Crippen LogP contribution in [0.15, 0.2) is 42.9 Å². The Bertz CT molecular complexity index is 1220. The number of hydrogen-bond donors (Lipinski definition) is 2. The number of piperazine rings is 1. The molecule has 5 rings (SSSR count). The monoisotopic (exact) mass is 388 g/mol. The van der Waals surface area contributed by atoms with Crippen LogP contribution in [0.4, 0.5) is 11.8 Å². The van der Waals surface area contributed by atoms with Gasteiger partial charge in [-0.3, -0.25) is 4.79 Å². The Hall–Kier alpha value is -3.75. The molecule has 0 radical (unpaired) electrons. The van der Waals surface area contributed by atoms with Crippen LogP contribution >= 0.6 is 0 Å². The molecule has 146 valence electrons. The smallest absolute Gasteiger partial charge is 0.239 e. The van der Waals surface area contributed by atoms with Gasteiger partial charge in [0.05, 0.1) is 18.3 Å². The van der Waals surface area contributed by atoms with E-state index < -0.39 is 0 Å². The van der Waals surface area contributed by atoms with Crippen molar-refractivity contribution in [2.75, 3.05) is 29.9 Å². The van der Waals surface area contributed by atoms with Crippen LogP contribution in [0.25, 0.3) is 16.6 Å². The number of rotatable bonds is 4. The average Bonchev–Trinajstić information content (AvgIpc) is 3.21. The summed E-state index contributed by atoms with van der Waals surface area (Å²) in [4.78, 5) is 27.4. The lowest BCUT2D eigenvalue weighted by Gasteiger charge is -2.29. The average molecular weight is 388 g/mol. The Labute approximate surface area is 166 Å². The Morgan fingerprint density at radius 1 is 1.24 bits per heavy atom. The largest absolute Gasteiger partial charge is 0.353 e. The number of anilines is 2. The van der Waals surface area contributed by atoms with Crippen LogP contribution in [-0.2, 0) is 11.3 Å². The summed E-state index contributed by atoms with van der Waals surface area (Å²) in [5.74, 6) is 1.43. The molecule has 0 aliphatic carbocycles. The maximum absolute atomic E-state index is 12.0. The Balaban J connectivity index is 1.55. The fourth-order valence-electron chi connectivity index (χ4n) is 3.65. The van der Waals surface area contributed by atoms with E-state index in [9.17, 15) is 4.79 Å². The van der Waals surface area contributed by atoms with Gasteiger partial charge in [0.1, 0.15) is 12.1 Å². The van der Waals surface area contributed by atoms with Gasteiger partial charge < -0.3 is 15.5 Å². The molecule has 1 fully saturated rings. The second-order valence-electron chi connectivity index (χ2n) is 7.04. The third kappa shape index (κ3) is 3.20. The molecule has 1 amide bonds. The molecule has 2 N–H and O–H groups in total. The van der Waals surface area contributed by atoms with Gasteiger partial charge in [0, 0.05) is 36.7 Å². The zero-order valence-corrected chi connectivity index (χ0v) is 16.0. The second kappa shape index (κ2) is 7.01. The minimum Gasteiger partial charge on any atom is -0.353 e. The summed E-state index contributed by atoms with van der Waals surface area (Å²) in [6.07, 6.45) is 3.20. The van der Waals surface area contributed by atoms with E-state index in [1.54, 1.807) is 10.7 Å². The van der Waals surface area contributed by atoms with E-state index in [0.717, 1.165) is 40.0 Å². The lowest BCUT2D eigenvalue weighted by atomic mass is 10.1. The van der Waals surface area contributed by atoms with Gasteiger partial charge in [-0.1, -0.05) is 18.2 Å². The van der Waals surface area contributed by atoms with Gasteiger partial charge in [-0.05, 0) is 18.6 Å². The first kappa shape index (κ1) is 17.4. The minimum absolute atomic E-state index is 0.0101. The predicted molar refractivity (Wildman–Crippen MR) is 110 cm³/mol. The van der Waals surface area contributed by atoms with Crippen LogP contribution in [0.2, 0.25) is 0 Å². The maximum Gasteiger partial charge on any atom is 0.239 e. The van der Waals surface area contributed by atoms with Gasteiger partial charge in [0.2, 0.25) is 11.9 Å². The van der Waals surface area contributed by atoms with Crippen molar-refractivity contribution in [3.8, 4) is 0 Å². The highest BCUT2D eigenvalue weighted by Crippen LogP contribution is 2.26. The molecule has 1 aliphatic heterocycles. The Morgan fingerprint density at radius 2 is 2.17 bits per heavy atom. The molecular weight excluding hydrogens is 368 g/mol. The van der Waals surface area contributed by atoms with Crippen LogP contribution in [0.1, 0.15) is 11.1 Å². The molecule has 0 bridgehead atoms. The van der Waals surface area contributed by atoms with E-state index in [-0.39, 0.29) is 5.91 Å². The zero-order valence-electron chi connectivity index (χ0n) is 16.0. The zero-order chi connectivity index (χ0) is 19.8. The summed E-state index contributed by atoms with van der Waals surface area (Å²) >= 11 is 0. The van der Waals surface area contributed by atoms with Crippen molar-refractivity contribution in [2.45, 2.75) is 13.5 Å². The van der Waals surface area contributed by atoms with E-state index in [4.69, 9.17) is 4.98 Å². The maximum atomic E-state index is 12.0. The molecule has 0 saturated carbocycles. The molecule has 9 nitrogen and oxygen atoms in total. The molecule has 29 heavy (non-hydrogen) atoms. The van der Waals surface area contributed by atoms with Crippen LogP contribution in [-0.4, -0.2) is 50.1 Å². The van der Waals surface area contributed by atoms with Gasteiger partial charge in [0.25, 0.3) is 0 Å². The summed E-state index contributed by atoms with van der Waals surface area (Å²) in [6.45, 7) is 4.18. The number of nitrogens with one attached hydrogen (secondary N) is 2. The third-order valence-corrected chi connectivity index (χ3v) is 5.07. The fraction of sp³-hybridized carbons (Fsp3) is 0.250. The molecule has 1 aliphatic rings. The van der Waals surface area contributed by atoms with Crippen LogP contribution in [0.5, 0.6) is 0 Å². The number of hydrogen-bond acceptors (Lipinski definition) is 7. The number of aromatic nitrogens is 5. The molecule has 4 heterocycles. The first-order chi connectivity index (χ1) is 14.2. The molecule has 0 unspecified atom stereocenters. The molecule has 0 spiro atoms. The van der Waals surface area contributed by atoms with Gasteiger partial charge in [-0.25, -0.2) is 15.0 Å². The van der Waals surface area contributed by atoms with Gasteiger partial charge in [0.15, 0.2) is 5.65 Å². The van der Waals surface area contributed by atoms with Crippen LogP contribution in [0, 0.1) is 6.92 Å². The Morgan fingerprint density at radius 3 is 3.07 bits per heavy atom. The predicted octanol–water partition coefficient (Wildman–Crippen LogP) is 1.53. The van der Waals surface area contributed by atoms with E-state index >= 15 is 0 Å². The number of carbonyl (C=O) groups excluding carboxylic acids is 1. The molecule has 4 aromatic rings. The van der Waals surface area contributed by atoms with Crippen molar-refractivity contribution in [3.63, 3.8) is 0 Å². The topological polar surface area (TPSA) is 100 Å². The summed E-state index contributed by atoms with van der Waals surface area (Å²) in [5, 5.41) is 11.5. The SMILES string of the molecule is Cc1cccc2cc(CNc3ncnc4ccnn34)c(N3CCNC(=O)C3)nc12. The van der Waals surface area contributed by atoms with Crippen molar-refractivity contribution >= 4 is 34.2 Å². The van der Waals surface area contributed by atoms with E-state index in [1.807, 2.05) is 17.0 Å². The summed E-state index contributed by atoms with van der Waals surface area (Å²) in [6, 6.07) is 10.1. The highest BCUT2D eigenvalue weighted by molar-refractivity contribution is 5.87. The number of benzene rings is 1. The van der Waals surface area contributed by atoms with E-state index in [1.165, 1.54) is 6.33 Å². The van der Waals surface area contributed by atoms with Gasteiger partial charge >= 0.3 is 0 Å². The lowest BCUT2D eigenvalue weighted by Crippen LogP contribution is -2.48. The van der Waals surface area contributed by atoms with Crippen molar-refractivity contribution in [3.05, 3.63) is 54.0 Å². The van der Waals surface area contributed by atoms with Crippen LogP contribution < -0.4 is 15.5 Å². The summed E-state index contributed by atoms with van der Waals surface area (Å²) in [7, 11) is 0. The number of carbonyl (C=O) groups is 1. The third-order valence-electron chi connectivity index (χ3n) is 5.07. The van der Waals surface area contributed by atoms with Crippen molar-refractivity contribution in [1.29, 1.82) is 0 Å². The highest BCUT2D eigenvalue weighted by Gasteiger charge is 2.21. The summed E-state index contributed by atoms with van der Waals surface area (Å²) < 4.78 is 1.66. The molecular formula is C20H20N8O. The number of amides is 1. The molecule has 0 atom stereocenters. The van der Waals surface area contributed by atoms with Gasteiger partial charge in [-0.2, -0.15) is 9.61 Å². The first-order valence-corrected chi connectivity index (χ1v) is 9.48. The van der Waals surface area contributed by atoms with E-state index in [0.29, 0.717) is 25.6 Å². The highest BCUT2D eigenvalue weighted by atomic mass is 16.2. The quantitative estimate of drug-likeness (QED) is 0.547. The number of fused-ring (bicyclic) bond motifs is 2. The van der Waals surface area contributed by atoms with Crippen molar-refractivity contribution < 1.29 is 4.79 Å². The number of para-hydroxylation sites is 1. The number of pyridine rings is 1. The molecule has 1 saturated heterocycles. The minimum atomic E-state index is 0.0101. The molecule has 3 aromatic heterocycles. The number of nitrogens with zero attached hydrogens (tertiary/aromatic N) is 6. The lowest BCUT2D eigenvalue weighted by molar-refractivity contribution is -0.120. The number of aryl methyl sites for hydroxylation is 1. The Kier molecular flexibility index (Phi) is 4.19. The second-order valence-corrected chi connectivity index (χ2v) is 7.04. The molecule has 9 heteroatoms. The normalized spacial score (nSPS) is 14.4. The van der Waals surface area contributed by atoms with E-state index in [2.05, 4.69) is 50.8 Å². The van der Waals surface area contributed by atoms with Crippen molar-refractivity contribution in [2.24, 2.45) is 0 Å². The van der Waals surface area contributed by atoms with Crippen molar-refractivity contribution in [1.82, 2.24) is 29.9 Å². The first-order valence-electron chi connectivity index (χ1n) is 9.48. The standard InChI is InChI=1S/C20H20N8O/c1-13-3-2-4-14-9-15(10-22-20-24-12-23-16-5-6-25-28(16)20)19(26-18(13)14)27-8-7-21-17(29)11-27/h2-6,9,12H,7-8,10-11H2,1H3,(H,21,29)(H,22,23,24). The van der Waals surface area contributed by atoms with Crippen LogP contribution in [0.3, 0.4) is 0 Å².